The number of benzene rings is 1. The van der Waals surface area contributed by atoms with Crippen molar-refractivity contribution in [3.8, 4) is 0 Å². The van der Waals surface area contributed by atoms with Crippen LogP contribution < -0.4 is 0 Å². The van der Waals surface area contributed by atoms with Crippen molar-refractivity contribution in [3.05, 3.63) is 35.9 Å². The Bertz CT molecular complexity index is 342. The van der Waals surface area contributed by atoms with E-state index in [2.05, 4.69) is 0 Å². The van der Waals surface area contributed by atoms with Gasteiger partial charge >= 0.3 is 0 Å². The van der Waals surface area contributed by atoms with Crippen LogP contribution in [0, 0.1) is 0 Å². The number of hydrogen-bond donors (Lipinski definition) is 3. The summed E-state index contributed by atoms with van der Waals surface area (Å²) in [7, 11) is 0. The van der Waals surface area contributed by atoms with Crippen molar-refractivity contribution in [1.82, 2.24) is 0 Å². The molecule has 1 aliphatic heterocycles. The summed E-state index contributed by atoms with van der Waals surface area (Å²) in [6.07, 6.45) is -4.31. The zero-order valence-electron chi connectivity index (χ0n) is 9.27. The first-order valence-electron chi connectivity index (χ1n) is 5.50. The minimum Gasteiger partial charge on any atom is -0.388 e. The van der Waals surface area contributed by atoms with Gasteiger partial charge in [-0.1, -0.05) is 30.3 Å². The molecule has 5 nitrogen and oxygen atoms in total. The van der Waals surface area contributed by atoms with Crippen LogP contribution in [0.2, 0.25) is 0 Å². The Morgan fingerprint density at radius 2 is 1.88 bits per heavy atom. The van der Waals surface area contributed by atoms with Crippen LogP contribution >= 0.6 is 0 Å². The molecule has 0 bridgehead atoms. The highest BCUT2D eigenvalue weighted by molar-refractivity contribution is 5.13. The van der Waals surface area contributed by atoms with Gasteiger partial charge in [0.2, 0.25) is 0 Å². The third-order valence-corrected chi connectivity index (χ3v) is 2.73. The summed E-state index contributed by atoms with van der Waals surface area (Å²) < 4.78 is 10.2. The van der Waals surface area contributed by atoms with Crippen molar-refractivity contribution in [1.29, 1.82) is 0 Å². The molecule has 0 spiro atoms. The van der Waals surface area contributed by atoms with Crippen molar-refractivity contribution in [2.45, 2.75) is 31.2 Å². The fourth-order valence-corrected chi connectivity index (χ4v) is 1.76. The van der Waals surface area contributed by atoms with Crippen LogP contribution in [-0.2, 0) is 16.1 Å². The Kier molecular flexibility index (Phi) is 4.09. The molecule has 1 heterocycles. The lowest BCUT2D eigenvalue weighted by molar-refractivity contribution is -0.264. The highest BCUT2D eigenvalue weighted by Gasteiger charge is 2.38. The molecule has 0 unspecified atom stereocenters. The number of ether oxygens (including phenoxy) is 2. The van der Waals surface area contributed by atoms with E-state index in [-0.39, 0.29) is 13.2 Å². The smallest absolute Gasteiger partial charge is 0.183 e. The van der Waals surface area contributed by atoms with E-state index in [4.69, 9.17) is 9.47 Å². The molecule has 2 rings (SSSR count). The third-order valence-electron chi connectivity index (χ3n) is 2.73. The van der Waals surface area contributed by atoms with Crippen LogP contribution in [0.3, 0.4) is 0 Å². The van der Waals surface area contributed by atoms with Crippen LogP contribution in [0.5, 0.6) is 0 Å². The van der Waals surface area contributed by atoms with E-state index < -0.39 is 24.6 Å². The Labute approximate surface area is 99.2 Å². The average molecular weight is 240 g/mol. The van der Waals surface area contributed by atoms with Crippen molar-refractivity contribution in [3.63, 3.8) is 0 Å². The first kappa shape index (κ1) is 12.5. The summed E-state index contributed by atoms with van der Waals surface area (Å²) in [5, 5.41) is 28.5. The largest absolute Gasteiger partial charge is 0.388 e. The molecule has 3 N–H and O–H groups in total. The third kappa shape index (κ3) is 3.02. The van der Waals surface area contributed by atoms with Gasteiger partial charge in [-0.2, -0.15) is 0 Å². The minimum atomic E-state index is -1.31. The minimum absolute atomic E-state index is 0.0440. The van der Waals surface area contributed by atoms with Gasteiger partial charge in [0.15, 0.2) is 6.29 Å². The second-order valence-corrected chi connectivity index (χ2v) is 4.04. The first-order valence-corrected chi connectivity index (χ1v) is 5.50. The Balaban J connectivity index is 1.93. The molecular formula is C12H16O5. The highest BCUT2D eigenvalue weighted by Crippen LogP contribution is 2.18. The molecule has 1 aromatic rings. The summed E-state index contributed by atoms with van der Waals surface area (Å²) >= 11 is 0. The van der Waals surface area contributed by atoms with E-state index in [9.17, 15) is 15.3 Å². The van der Waals surface area contributed by atoms with E-state index in [0.717, 1.165) is 5.56 Å². The van der Waals surface area contributed by atoms with Gasteiger partial charge in [-0.25, -0.2) is 0 Å². The maximum Gasteiger partial charge on any atom is 0.183 e. The molecule has 17 heavy (non-hydrogen) atoms. The maximum absolute atomic E-state index is 9.63. The molecule has 0 aromatic heterocycles. The van der Waals surface area contributed by atoms with Gasteiger partial charge in [-0.3, -0.25) is 0 Å². The van der Waals surface area contributed by atoms with E-state index in [0.29, 0.717) is 0 Å². The van der Waals surface area contributed by atoms with Crippen molar-refractivity contribution in [2.24, 2.45) is 0 Å². The molecule has 94 valence electrons. The van der Waals surface area contributed by atoms with Crippen LogP contribution in [0.4, 0.5) is 0 Å². The second-order valence-electron chi connectivity index (χ2n) is 4.04. The molecule has 4 atom stereocenters. The van der Waals surface area contributed by atoms with Crippen molar-refractivity contribution < 1.29 is 24.8 Å². The molecule has 1 aliphatic rings. The normalized spacial score (nSPS) is 33.6. The van der Waals surface area contributed by atoms with Gasteiger partial charge in [-0.15, -0.1) is 0 Å². The van der Waals surface area contributed by atoms with Crippen molar-refractivity contribution in [2.75, 3.05) is 6.61 Å². The molecule has 0 amide bonds. The molecular weight excluding hydrogens is 224 g/mol. The van der Waals surface area contributed by atoms with Gasteiger partial charge in [-0.05, 0) is 5.56 Å². The molecule has 1 aromatic carbocycles. The lowest BCUT2D eigenvalue weighted by atomic mass is 10.1. The fourth-order valence-electron chi connectivity index (χ4n) is 1.76. The van der Waals surface area contributed by atoms with Crippen molar-refractivity contribution >= 4 is 0 Å². The number of aliphatic hydroxyl groups is 3. The lowest BCUT2D eigenvalue weighted by Crippen LogP contribution is -2.53. The SMILES string of the molecule is O[C@@H]1[C@@H](OCc2ccccc2)[C@@H](O)CO[C@@H]1O. The summed E-state index contributed by atoms with van der Waals surface area (Å²) in [5.41, 5.74) is 0.938. The number of aliphatic hydroxyl groups excluding tert-OH is 3. The standard InChI is InChI=1S/C12H16O5/c13-9-7-17-12(15)10(14)11(9)16-6-8-4-2-1-3-5-8/h1-5,9-15H,6-7H2/t9-,10+,11-,12-/m0/s1. The fraction of sp³-hybridized carbons (Fsp3) is 0.500. The summed E-state index contributed by atoms with van der Waals surface area (Å²) in [6.45, 7) is 0.226. The Hall–Kier alpha value is -0.980. The molecule has 0 saturated carbocycles. The van der Waals surface area contributed by atoms with E-state index in [1.165, 1.54) is 0 Å². The van der Waals surface area contributed by atoms with E-state index in [1.807, 2.05) is 30.3 Å². The summed E-state index contributed by atoms with van der Waals surface area (Å²) in [5.74, 6) is 0. The van der Waals surface area contributed by atoms with Gasteiger partial charge in [0.05, 0.1) is 13.2 Å². The Morgan fingerprint density at radius 3 is 2.59 bits per heavy atom. The van der Waals surface area contributed by atoms with E-state index >= 15 is 0 Å². The van der Waals surface area contributed by atoms with Gasteiger partial charge in [0.25, 0.3) is 0 Å². The molecule has 0 aliphatic carbocycles. The zero-order chi connectivity index (χ0) is 12.3. The number of rotatable bonds is 3. The predicted molar refractivity (Wildman–Crippen MR) is 59.0 cm³/mol. The predicted octanol–water partition coefficient (Wildman–Crippen LogP) is -0.358. The molecule has 1 fully saturated rings. The zero-order valence-corrected chi connectivity index (χ0v) is 9.27. The van der Waals surface area contributed by atoms with Gasteiger partial charge in [0, 0.05) is 0 Å². The molecule has 5 heteroatoms. The molecule has 1 saturated heterocycles. The summed E-state index contributed by atoms with van der Waals surface area (Å²) in [4.78, 5) is 0. The van der Waals surface area contributed by atoms with Gasteiger partial charge in [0.1, 0.15) is 18.3 Å². The average Bonchev–Trinajstić information content (AvgIpc) is 2.35. The highest BCUT2D eigenvalue weighted by atomic mass is 16.6. The Morgan fingerprint density at radius 1 is 1.18 bits per heavy atom. The maximum atomic E-state index is 9.63. The van der Waals surface area contributed by atoms with Crippen LogP contribution in [0.15, 0.2) is 30.3 Å². The second kappa shape index (κ2) is 5.57. The monoisotopic (exact) mass is 240 g/mol. The summed E-state index contributed by atoms with van der Waals surface area (Å²) in [6, 6.07) is 9.42. The van der Waals surface area contributed by atoms with Crippen LogP contribution in [0.25, 0.3) is 0 Å². The first-order chi connectivity index (χ1) is 8.18. The van der Waals surface area contributed by atoms with Crippen LogP contribution in [0.1, 0.15) is 5.56 Å². The lowest BCUT2D eigenvalue weighted by Gasteiger charge is -2.35. The number of hydrogen-bond acceptors (Lipinski definition) is 5. The van der Waals surface area contributed by atoms with Gasteiger partial charge < -0.3 is 24.8 Å². The van der Waals surface area contributed by atoms with E-state index in [1.54, 1.807) is 0 Å². The topological polar surface area (TPSA) is 79.2 Å². The van der Waals surface area contributed by atoms with Crippen LogP contribution in [-0.4, -0.2) is 46.5 Å². The quantitative estimate of drug-likeness (QED) is 0.672. The molecule has 0 radical (unpaired) electrons.